The molecule has 4 heteroatoms. The van der Waals surface area contributed by atoms with Crippen LogP contribution in [0.3, 0.4) is 0 Å². The van der Waals surface area contributed by atoms with Gasteiger partial charge >= 0.3 is 5.69 Å². The molecule has 0 unspecified atom stereocenters. The van der Waals surface area contributed by atoms with Gasteiger partial charge in [0.05, 0.1) is 0 Å². The van der Waals surface area contributed by atoms with E-state index in [1.165, 1.54) is 4.40 Å². The van der Waals surface area contributed by atoms with Crippen LogP contribution in [-0.2, 0) is 0 Å². The zero-order valence-electron chi connectivity index (χ0n) is 6.03. The summed E-state index contributed by atoms with van der Waals surface area (Å²) in [6.45, 7) is 1.90. The fourth-order valence-electron chi connectivity index (χ4n) is 1.06. The summed E-state index contributed by atoms with van der Waals surface area (Å²) < 4.78 is 1.48. The van der Waals surface area contributed by atoms with Gasteiger partial charge in [0.25, 0.3) is 0 Å². The second-order valence-corrected chi connectivity index (χ2v) is 2.40. The van der Waals surface area contributed by atoms with E-state index < -0.39 is 0 Å². The summed E-state index contributed by atoms with van der Waals surface area (Å²) in [6.07, 6.45) is 4.91. The maximum atomic E-state index is 11.1. The quantitative estimate of drug-likeness (QED) is 0.586. The number of H-pyrrole nitrogens is 1. The summed E-state index contributed by atoms with van der Waals surface area (Å²) in [7, 11) is 0. The van der Waals surface area contributed by atoms with E-state index in [1.54, 1.807) is 18.6 Å². The highest BCUT2D eigenvalue weighted by Gasteiger charge is 1.98. The van der Waals surface area contributed by atoms with Gasteiger partial charge in [0.2, 0.25) is 0 Å². The summed E-state index contributed by atoms with van der Waals surface area (Å²) in [4.78, 5) is 17.7. The summed E-state index contributed by atoms with van der Waals surface area (Å²) >= 11 is 0. The van der Waals surface area contributed by atoms with Crippen molar-refractivity contribution in [1.82, 2.24) is 14.4 Å². The average molecular weight is 149 g/mol. The minimum Gasteiger partial charge on any atom is -0.313 e. The third-order valence-corrected chi connectivity index (χ3v) is 1.62. The summed E-state index contributed by atoms with van der Waals surface area (Å²) in [6, 6.07) is 0. The molecule has 0 aliphatic heterocycles. The Morgan fingerprint density at radius 3 is 3.18 bits per heavy atom. The molecule has 0 aliphatic carbocycles. The van der Waals surface area contributed by atoms with Gasteiger partial charge in [-0.2, -0.15) is 0 Å². The van der Waals surface area contributed by atoms with Crippen LogP contribution in [0.15, 0.2) is 23.4 Å². The maximum Gasteiger partial charge on any atom is 0.331 e. The van der Waals surface area contributed by atoms with Crippen LogP contribution in [0.2, 0.25) is 0 Å². The molecule has 2 heterocycles. The molecule has 2 aromatic heterocycles. The van der Waals surface area contributed by atoms with Crippen LogP contribution in [0.5, 0.6) is 0 Å². The van der Waals surface area contributed by atoms with Crippen molar-refractivity contribution < 1.29 is 0 Å². The SMILES string of the molecule is Cc1c[nH]c(=O)n2ccnc12. The number of aromatic nitrogens is 3. The number of imidazole rings is 1. The van der Waals surface area contributed by atoms with Crippen LogP contribution >= 0.6 is 0 Å². The first-order chi connectivity index (χ1) is 5.29. The van der Waals surface area contributed by atoms with Crippen LogP contribution < -0.4 is 5.69 Å². The van der Waals surface area contributed by atoms with E-state index in [1.807, 2.05) is 6.92 Å². The van der Waals surface area contributed by atoms with Gasteiger partial charge in [-0.05, 0) is 6.92 Å². The smallest absolute Gasteiger partial charge is 0.313 e. The second-order valence-electron chi connectivity index (χ2n) is 2.40. The zero-order valence-corrected chi connectivity index (χ0v) is 6.03. The molecule has 0 radical (unpaired) electrons. The van der Waals surface area contributed by atoms with E-state index in [0.717, 1.165) is 5.56 Å². The van der Waals surface area contributed by atoms with Gasteiger partial charge in [-0.15, -0.1) is 0 Å². The summed E-state index contributed by atoms with van der Waals surface area (Å²) in [5.41, 5.74) is 1.53. The summed E-state index contributed by atoms with van der Waals surface area (Å²) in [5.74, 6) is 0. The molecule has 0 aromatic carbocycles. The third-order valence-electron chi connectivity index (χ3n) is 1.62. The van der Waals surface area contributed by atoms with Crippen LogP contribution in [0.25, 0.3) is 5.65 Å². The lowest BCUT2D eigenvalue weighted by atomic mass is 10.4. The molecular weight excluding hydrogens is 142 g/mol. The van der Waals surface area contributed by atoms with E-state index in [2.05, 4.69) is 9.97 Å². The van der Waals surface area contributed by atoms with Crippen LogP contribution in [0.4, 0.5) is 0 Å². The van der Waals surface area contributed by atoms with Gasteiger partial charge in [0.15, 0.2) is 0 Å². The highest BCUT2D eigenvalue weighted by atomic mass is 16.1. The van der Waals surface area contributed by atoms with E-state index in [4.69, 9.17) is 0 Å². The molecule has 0 bridgehead atoms. The van der Waals surface area contributed by atoms with E-state index >= 15 is 0 Å². The number of aryl methyl sites for hydroxylation is 1. The standard InChI is InChI=1S/C7H7N3O/c1-5-4-9-7(11)10-3-2-8-6(5)10/h2-4H,1H3,(H,9,11). The molecule has 0 saturated heterocycles. The highest BCUT2D eigenvalue weighted by Crippen LogP contribution is 2.00. The van der Waals surface area contributed by atoms with Gasteiger partial charge in [-0.1, -0.05) is 0 Å². The van der Waals surface area contributed by atoms with Crippen molar-refractivity contribution in [3.05, 3.63) is 34.6 Å². The molecule has 2 aromatic rings. The van der Waals surface area contributed by atoms with Crippen molar-refractivity contribution in [1.29, 1.82) is 0 Å². The zero-order chi connectivity index (χ0) is 7.84. The van der Waals surface area contributed by atoms with E-state index in [0.29, 0.717) is 5.65 Å². The molecule has 0 spiro atoms. The fraction of sp³-hybridized carbons (Fsp3) is 0.143. The lowest BCUT2D eigenvalue weighted by Gasteiger charge is -1.93. The fourth-order valence-corrected chi connectivity index (χ4v) is 1.06. The number of aromatic amines is 1. The third kappa shape index (κ3) is 0.756. The Labute approximate surface area is 62.5 Å². The molecule has 0 saturated carbocycles. The minimum atomic E-state index is -0.150. The first kappa shape index (κ1) is 6.15. The van der Waals surface area contributed by atoms with Crippen molar-refractivity contribution in [3.8, 4) is 0 Å². The number of fused-ring (bicyclic) bond motifs is 1. The van der Waals surface area contributed by atoms with Crippen molar-refractivity contribution in [2.45, 2.75) is 6.92 Å². The van der Waals surface area contributed by atoms with Crippen molar-refractivity contribution in [3.63, 3.8) is 0 Å². The average Bonchev–Trinajstić information content (AvgIpc) is 2.45. The topological polar surface area (TPSA) is 50.2 Å². The van der Waals surface area contributed by atoms with Crippen LogP contribution in [0, 0.1) is 6.92 Å². The molecule has 2 rings (SSSR count). The molecule has 0 atom stereocenters. The second kappa shape index (κ2) is 1.95. The molecule has 0 aliphatic rings. The van der Waals surface area contributed by atoms with E-state index in [9.17, 15) is 4.79 Å². The molecule has 1 N–H and O–H groups in total. The van der Waals surface area contributed by atoms with Crippen LogP contribution in [0.1, 0.15) is 5.56 Å². The maximum absolute atomic E-state index is 11.1. The van der Waals surface area contributed by atoms with Gasteiger partial charge in [0, 0.05) is 24.2 Å². The number of rotatable bonds is 0. The minimum absolute atomic E-state index is 0.150. The highest BCUT2D eigenvalue weighted by molar-refractivity contribution is 5.44. The Hall–Kier alpha value is -1.58. The molecular formula is C7H7N3O. The number of hydrogen-bond donors (Lipinski definition) is 1. The van der Waals surface area contributed by atoms with Crippen molar-refractivity contribution >= 4 is 5.65 Å². The Bertz CT molecular complexity index is 440. The molecule has 0 amide bonds. The number of nitrogens with zero attached hydrogens (tertiary/aromatic N) is 2. The van der Waals surface area contributed by atoms with Crippen molar-refractivity contribution in [2.75, 3.05) is 0 Å². The Balaban J connectivity index is 3.08. The van der Waals surface area contributed by atoms with Gasteiger partial charge in [-0.25, -0.2) is 9.78 Å². The van der Waals surface area contributed by atoms with E-state index in [-0.39, 0.29) is 5.69 Å². The lowest BCUT2D eigenvalue weighted by Crippen LogP contribution is -2.15. The molecule has 4 nitrogen and oxygen atoms in total. The summed E-state index contributed by atoms with van der Waals surface area (Å²) in [5, 5.41) is 0. The van der Waals surface area contributed by atoms with Gasteiger partial charge in [0.1, 0.15) is 5.65 Å². The number of hydrogen-bond acceptors (Lipinski definition) is 2. The monoisotopic (exact) mass is 149 g/mol. The largest absolute Gasteiger partial charge is 0.331 e. The van der Waals surface area contributed by atoms with Crippen LogP contribution in [-0.4, -0.2) is 14.4 Å². The first-order valence-electron chi connectivity index (χ1n) is 3.30. The molecule has 56 valence electrons. The normalized spacial score (nSPS) is 10.6. The Kier molecular flexibility index (Phi) is 1.09. The van der Waals surface area contributed by atoms with Gasteiger partial charge < -0.3 is 4.98 Å². The van der Waals surface area contributed by atoms with Gasteiger partial charge in [-0.3, -0.25) is 4.40 Å². The molecule has 11 heavy (non-hydrogen) atoms. The number of nitrogens with one attached hydrogen (secondary N) is 1. The van der Waals surface area contributed by atoms with Crippen molar-refractivity contribution in [2.24, 2.45) is 0 Å². The lowest BCUT2D eigenvalue weighted by molar-refractivity contribution is 0.988. The first-order valence-corrected chi connectivity index (χ1v) is 3.30. The Morgan fingerprint density at radius 2 is 2.45 bits per heavy atom. The molecule has 0 fully saturated rings. The predicted octanol–water partition coefficient (Wildman–Crippen LogP) is 0.331. The predicted molar refractivity (Wildman–Crippen MR) is 40.5 cm³/mol. The Morgan fingerprint density at radius 1 is 1.64 bits per heavy atom.